The highest BCUT2D eigenvalue weighted by atomic mass is 16.4. The van der Waals surface area contributed by atoms with Gasteiger partial charge in [-0.3, -0.25) is 0 Å². The molecule has 0 amide bonds. The molecule has 0 aliphatic heterocycles. The quantitative estimate of drug-likeness (QED) is 0.760. The molecule has 1 aliphatic carbocycles. The highest BCUT2D eigenvalue weighted by Gasteiger charge is 2.44. The van der Waals surface area contributed by atoms with Crippen LogP contribution in [-0.4, -0.2) is 5.11 Å². The summed E-state index contributed by atoms with van der Waals surface area (Å²) in [7, 11) is 0. The number of hydrogen-bond donors (Lipinski definition) is 1. The van der Waals surface area contributed by atoms with E-state index >= 15 is 0 Å². The molecule has 3 aromatic rings. The SMILES string of the molecule is Cc1cccc2cc(C(O)C3CC3c3ccccc3)oc12. The van der Waals surface area contributed by atoms with Crippen LogP contribution in [0.25, 0.3) is 11.0 Å². The molecule has 0 spiro atoms. The summed E-state index contributed by atoms with van der Waals surface area (Å²) in [4.78, 5) is 0. The van der Waals surface area contributed by atoms with Crippen molar-refractivity contribution in [2.45, 2.75) is 25.4 Å². The molecule has 2 heteroatoms. The van der Waals surface area contributed by atoms with E-state index in [1.165, 1.54) is 5.56 Å². The van der Waals surface area contributed by atoms with Gasteiger partial charge in [0.15, 0.2) is 0 Å². The number of furan rings is 1. The Balaban J connectivity index is 1.60. The van der Waals surface area contributed by atoms with Crippen molar-refractivity contribution in [1.82, 2.24) is 0 Å². The molecule has 1 saturated carbocycles. The molecule has 3 unspecified atom stereocenters. The Kier molecular flexibility index (Phi) is 2.86. The van der Waals surface area contributed by atoms with Gasteiger partial charge in [0.1, 0.15) is 17.4 Å². The van der Waals surface area contributed by atoms with E-state index in [1.54, 1.807) is 0 Å². The van der Waals surface area contributed by atoms with Crippen LogP contribution in [0.2, 0.25) is 0 Å². The van der Waals surface area contributed by atoms with Crippen LogP contribution in [0.3, 0.4) is 0 Å². The number of para-hydroxylation sites is 1. The first kappa shape index (κ1) is 12.7. The van der Waals surface area contributed by atoms with E-state index in [2.05, 4.69) is 24.3 Å². The van der Waals surface area contributed by atoms with Gasteiger partial charge in [-0.25, -0.2) is 0 Å². The molecule has 4 rings (SSSR count). The molecule has 1 heterocycles. The van der Waals surface area contributed by atoms with Crippen molar-refractivity contribution in [2.24, 2.45) is 5.92 Å². The van der Waals surface area contributed by atoms with Gasteiger partial charge in [-0.2, -0.15) is 0 Å². The maximum absolute atomic E-state index is 10.6. The van der Waals surface area contributed by atoms with E-state index in [9.17, 15) is 5.11 Å². The van der Waals surface area contributed by atoms with Crippen molar-refractivity contribution in [3.05, 3.63) is 71.5 Å². The maximum atomic E-state index is 10.6. The Morgan fingerprint density at radius 2 is 1.90 bits per heavy atom. The van der Waals surface area contributed by atoms with Gasteiger partial charge in [-0.05, 0) is 42.4 Å². The van der Waals surface area contributed by atoms with E-state index in [1.807, 2.05) is 37.3 Å². The van der Waals surface area contributed by atoms with E-state index in [0.29, 0.717) is 11.7 Å². The number of hydrogen-bond acceptors (Lipinski definition) is 2. The van der Waals surface area contributed by atoms with Crippen LogP contribution in [0.15, 0.2) is 59.0 Å². The van der Waals surface area contributed by atoms with Crippen molar-refractivity contribution in [1.29, 1.82) is 0 Å². The number of aliphatic hydroxyl groups excluding tert-OH is 1. The summed E-state index contributed by atoms with van der Waals surface area (Å²) in [5, 5.41) is 11.7. The lowest BCUT2D eigenvalue weighted by Crippen LogP contribution is -1.99. The summed E-state index contributed by atoms with van der Waals surface area (Å²) in [5.41, 5.74) is 3.32. The average molecular weight is 278 g/mol. The van der Waals surface area contributed by atoms with Gasteiger partial charge < -0.3 is 9.52 Å². The van der Waals surface area contributed by atoms with Crippen LogP contribution in [0.5, 0.6) is 0 Å². The summed E-state index contributed by atoms with van der Waals surface area (Å²) in [5.74, 6) is 1.42. The monoisotopic (exact) mass is 278 g/mol. The van der Waals surface area contributed by atoms with Crippen molar-refractivity contribution in [3.63, 3.8) is 0 Å². The lowest BCUT2D eigenvalue weighted by molar-refractivity contribution is 0.127. The zero-order chi connectivity index (χ0) is 14.4. The normalized spacial score (nSPS) is 22.4. The molecule has 1 aromatic heterocycles. The second-order valence-electron chi connectivity index (χ2n) is 6.00. The predicted octanol–water partition coefficient (Wildman–Crippen LogP) is 4.58. The second-order valence-corrected chi connectivity index (χ2v) is 6.00. The molecule has 1 fully saturated rings. The first-order valence-electron chi connectivity index (χ1n) is 7.46. The fraction of sp³-hybridized carbons (Fsp3) is 0.263. The molecular formula is C19H18O2. The molecule has 21 heavy (non-hydrogen) atoms. The summed E-state index contributed by atoms with van der Waals surface area (Å²) >= 11 is 0. The standard InChI is InChI=1S/C19H18O2/c1-12-6-5-9-14-10-17(21-19(12)14)18(20)16-11-15(16)13-7-3-2-4-8-13/h2-10,15-16,18,20H,11H2,1H3. The van der Waals surface area contributed by atoms with Gasteiger partial charge in [0.05, 0.1) is 0 Å². The van der Waals surface area contributed by atoms with Gasteiger partial charge in [-0.1, -0.05) is 48.5 Å². The first-order chi connectivity index (χ1) is 10.2. The third kappa shape index (κ3) is 2.16. The minimum atomic E-state index is -0.512. The molecule has 1 N–H and O–H groups in total. The molecule has 2 aromatic carbocycles. The molecule has 2 nitrogen and oxygen atoms in total. The van der Waals surface area contributed by atoms with E-state index < -0.39 is 6.10 Å². The van der Waals surface area contributed by atoms with E-state index in [-0.39, 0.29) is 5.92 Å². The van der Waals surface area contributed by atoms with Crippen molar-refractivity contribution in [3.8, 4) is 0 Å². The fourth-order valence-electron chi connectivity index (χ4n) is 3.23. The fourth-order valence-corrected chi connectivity index (χ4v) is 3.23. The summed E-state index contributed by atoms with van der Waals surface area (Å²) < 4.78 is 5.90. The number of rotatable bonds is 3. The minimum Gasteiger partial charge on any atom is -0.458 e. The van der Waals surface area contributed by atoms with Crippen LogP contribution >= 0.6 is 0 Å². The van der Waals surface area contributed by atoms with Gasteiger partial charge in [0, 0.05) is 5.39 Å². The lowest BCUT2D eigenvalue weighted by atomic mass is 10.1. The van der Waals surface area contributed by atoms with Crippen LogP contribution in [0.1, 0.15) is 35.3 Å². The molecule has 3 atom stereocenters. The molecule has 1 aliphatic rings. The van der Waals surface area contributed by atoms with Gasteiger partial charge in [0.25, 0.3) is 0 Å². The van der Waals surface area contributed by atoms with Crippen LogP contribution in [0.4, 0.5) is 0 Å². The Morgan fingerprint density at radius 1 is 1.10 bits per heavy atom. The van der Waals surface area contributed by atoms with Crippen molar-refractivity contribution in [2.75, 3.05) is 0 Å². The second kappa shape index (κ2) is 4.74. The molecule has 0 bridgehead atoms. The largest absolute Gasteiger partial charge is 0.458 e. The van der Waals surface area contributed by atoms with Gasteiger partial charge in [0.2, 0.25) is 0 Å². The zero-order valence-corrected chi connectivity index (χ0v) is 12.0. The first-order valence-corrected chi connectivity index (χ1v) is 7.46. The highest BCUT2D eigenvalue weighted by Crippen LogP contribution is 2.54. The molecule has 0 radical (unpaired) electrons. The highest BCUT2D eigenvalue weighted by molar-refractivity contribution is 5.81. The summed E-state index contributed by atoms with van der Waals surface area (Å²) in [6.45, 7) is 2.03. The third-order valence-corrected chi connectivity index (χ3v) is 4.52. The smallest absolute Gasteiger partial charge is 0.137 e. The lowest BCUT2D eigenvalue weighted by Gasteiger charge is -2.07. The number of fused-ring (bicyclic) bond motifs is 1. The van der Waals surface area contributed by atoms with Gasteiger partial charge in [-0.15, -0.1) is 0 Å². The number of aryl methyl sites for hydroxylation is 1. The Labute approximate surface area is 124 Å². The van der Waals surface area contributed by atoms with Crippen LogP contribution in [0, 0.1) is 12.8 Å². The number of benzene rings is 2. The Bertz CT molecular complexity index is 773. The minimum absolute atomic E-state index is 0.272. The molecular weight excluding hydrogens is 260 g/mol. The van der Waals surface area contributed by atoms with Crippen molar-refractivity contribution < 1.29 is 9.52 Å². The zero-order valence-electron chi connectivity index (χ0n) is 12.0. The Hall–Kier alpha value is -2.06. The van der Waals surface area contributed by atoms with Crippen LogP contribution in [-0.2, 0) is 0 Å². The number of aliphatic hydroxyl groups is 1. The third-order valence-electron chi connectivity index (χ3n) is 4.52. The predicted molar refractivity (Wildman–Crippen MR) is 83.2 cm³/mol. The Morgan fingerprint density at radius 3 is 2.67 bits per heavy atom. The van der Waals surface area contributed by atoms with Crippen LogP contribution < -0.4 is 0 Å². The maximum Gasteiger partial charge on any atom is 0.137 e. The summed E-state index contributed by atoms with van der Waals surface area (Å²) in [6.07, 6.45) is 0.517. The topological polar surface area (TPSA) is 33.4 Å². The molecule has 106 valence electrons. The van der Waals surface area contributed by atoms with E-state index in [0.717, 1.165) is 23.0 Å². The average Bonchev–Trinajstić information content (AvgIpc) is 3.19. The van der Waals surface area contributed by atoms with Gasteiger partial charge >= 0.3 is 0 Å². The summed E-state index contributed by atoms with van der Waals surface area (Å²) in [6, 6.07) is 18.5. The molecule has 0 saturated heterocycles. The van der Waals surface area contributed by atoms with E-state index in [4.69, 9.17) is 4.42 Å². The van der Waals surface area contributed by atoms with Crippen molar-refractivity contribution >= 4 is 11.0 Å².